The zero-order valence-electron chi connectivity index (χ0n) is 14.6. The molecule has 23 heavy (non-hydrogen) atoms. The molecule has 0 unspecified atom stereocenters. The minimum Gasteiger partial charge on any atom is -0.493 e. The highest BCUT2D eigenvalue weighted by molar-refractivity contribution is 5.53. The summed E-state index contributed by atoms with van der Waals surface area (Å²) in [6.07, 6.45) is 1.92. The van der Waals surface area contributed by atoms with E-state index in [2.05, 4.69) is 32.9 Å². The zero-order valence-corrected chi connectivity index (χ0v) is 14.6. The lowest BCUT2D eigenvalue weighted by Crippen LogP contribution is -2.05. The summed E-state index contributed by atoms with van der Waals surface area (Å²) >= 11 is 0. The van der Waals surface area contributed by atoms with E-state index >= 15 is 0 Å². The first-order chi connectivity index (χ1) is 11.0. The van der Waals surface area contributed by atoms with Crippen LogP contribution in [0, 0.1) is 27.7 Å². The summed E-state index contributed by atoms with van der Waals surface area (Å²) in [7, 11) is 0. The third-order valence-corrected chi connectivity index (χ3v) is 4.24. The van der Waals surface area contributed by atoms with Gasteiger partial charge < -0.3 is 15.2 Å². The Balaban J connectivity index is 1.75. The van der Waals surface area contributed by atoms with E-state index in [-0.39, 0.29) is 0 Å². The molecule has 2 aromatic carbocycles. The Morgan fingerprint density at radius 3 is 2.17 bits per heavy atom. The summed E-state index contributed by atoms with van der Waals surface area (Å²) in [5.41, 5.74) is 11.4. The Morgan fingerprint density at radius 1 is 0.783 bits per heavy atom. The summed E-state index contributed by atoms with van der Waals surface area (Å²) in [5, 5.41) is 0. The van der Waals surface area contributed by atoms with Gasteiger partial charge in [-0.05, 0) is 69.4 Å². The number of hydrogen-bond donors (Lipinski definition) is 1. The van der Waals surface area contributed by atoms with Crippen LogP contribution in [0.1, 0.15) is 35.1 Å². The second-order valence-electron chi connectivity index (χ2n) is 6.03. The Labute approximate surface area is 139 Å². The van der Waals surface area contributed by atoms with Crippen LogP contribution in [-0.4, -0.2) is 13.2 Å². The quantitative estimate of drug-likeness (QED) is 0.593. The van der Waals surface area contributed by atoms with Crippen LogP contribution in [0.4, 0.5) is 5.69 Å². The molecule has 0 aromatic heterocycles. The van der Waals surface area contributed by atoms with Gasteiger partial charge in [-0.3, -0.25) is 0 Å². The Bertz CT molecular complexity index is 665. The first-order valence-corrected chi connectivity index (χ1v) is 8.18. The standard InChI is InChI=1S/C20H27NO2/c1-14-10-11-15(2)20(16(14)3)23-13-6-5-12-22-19-9-7-8-18(21)17(19)4/h7-11H,5-6,12-13,21H2,1-4H3. The average Bonchev–Trinajstić information content (AvgIpc) is 2.53. The van der Waals surface area contributed by atoms with Crippen LogP contribution in [0.15, 0.2) is 30.3 Å². The number of benzene rings is 2. The highest BCUT2D eigenvalue weighted by atomic mass is 16.5. The topological polar surface area (TPSA) is 44.5 Å². The van der Waals surface area contributed by atoms with Crippen molar-refractivity contribution >= 4 is 5.69 Å². The van der Waals surface area contributed by atoms with E-state index in [1.807, 2.05) is 25.1 Å². The lowest BCUT2D eigenvalue weighted by molar-refractivity contribution is 0.264. The van der Waals surface area contributed by atoms with Crippen molar-refractivity contribution in [1.82, 2.24) is 0 Å². The van der Waals surface area contributed by atoms with Gasteiger partial charge in [0, 0.05) is 11.3 Å². The van der Waals surface area contributed by atoms with Crippen molar-refractivity contribution < 1.29 is 9.47 Å². The van der Waals surface area contributed by atoms with Gasteiger partial charge in [-0.1, -0.05) is 18.2 Å². The lowest BCUT2D eigenvalue weighted by Gasteiger charge is -2.14. The molecule has 0 aliphatic carbocycles. The van der Waals surface area contributed by atoms with Gasteiger partial charge >= 0.3 is 0 Å². The van der Waals surface area contributed by atoms with Crippen molar-refractivity contribution in [3.63, 3.8) is 0 Å². The molecule has 0 atom stereocenters. The van der Waals surface area contributed by atoms with Crippen LogP contribution in [0.3, 0.4) is 0 Å². The second-order valence-corrected chi connectivity index (χ2v) is 6.03. The van der Waals surface area contributed by atoms with Gasteiger partial charge in [-0.2, -0.15) is 0 Å². The van der Waals surface area contributed by atoms with Gasteiger partial charge in [0.1, 0.15) is 11.5 Å². The summed E-state index contributed by atoms with van der Waals surface area (Å²) in [6.45, 7) is 9.70. The number of nitrogens with two attached hydrogens (primary N) is 1. The predicted octanol–water partition coefficient (Wildman–Crippen LogP) is 4.74. The highest BCUT2D eigenvalue weighted by Gasteiger charge is 2.06. The van der Waals surface area contributed by atoms with Crippen LogP contribution in [0.25, 0.3) is 0 Å². The predicted molar refractivity (Wildman–Crippen MR) is 96.5 cm³/mol. The highest BCUT2D eigenvalue weighted by Crippen LogP contribution is 2.26. The Hall–Kier alpha value is -2.16. The Kier molecular flexibility index (Phi) is 5.91. The molecule has 0 aliphatic rings. The van der Waals surface area contributed by atoms with Crippen LogP contribution in [-0.2, 0) is 0 Å². The van der Waals surface area contributed by atoms with Crippen molar-refractivity contribution in [3.8, 4) is 11.5 Å². The van der Waals surface area contributed by atoms with Crippen molar-refractivity contribution in [2.24, 2.45) is 0 Å². The van der Waals surface area contributed by atoms with Crippen LogP contribution < -0.4 is 15.2 Å². The van der Waals surface area contributed by atoms with Gasteiger partial charge in [0.25, 0.3) is 0 Å². The van der Waals surface area contributed by atoms with E-state index in [0.717, 1.165) is 35.6 Å². The normalized spacial score (nSPS) is 10.6. The van der Waals surface area contributed by atoms with Gasteiger partial charge in [-0.15, -0.1) is 0 Å². The molecule has 124 valence electrons. The molecule has 0 saturated heterocycles. The van der Waals surface area contributed by atoms with Gasteiger partial charge in [-0.25, -0.2) is 0 Å². The van der Waals surface area contributed by atoms with Gasteiger partial charge in [0.2, 0.25) is 0 Å². The molecule has 0 radical (unpaired) electrons. The molecule has 0 heterocycles. The number of anilines is 1. The van der Waals surface area contributed by atoms with E-state index in [4.69, 9.17) is 15.2 Å². The molecular formula is C20H27NO2. The molecule has 3 heteroatoms. The zero-order chi connectivity index (χ0) is 16.8. The van der Waals surface area contributed by atoms with Crippen molar-refractivity contribution in [3.05, 3.63) is 52.6 Å². The van der Waals surface area contributed by atoms with Crippen LogP contribution >= 0.6 is 0 Å². The fraction of sp³-hybridized carbons (Fsp3) is 0.400. The summed E-state index contributed by atoms with van der Waals surface area (Å²) in [6, 6.07) is 10.0. The maximum atomic E-state index is 5.97. The monoisotopic (exact) mass is 313 g/mol. The number of ether oxygens (including phenoxy) is 2. The van der Waals surface area contributed by atoms with Gasteiger partial charge in [0.15, 0.2) is 0 Å². The minimum absolute atomic E-state index is 0.680. The first-order valence-electron chi connectivity index (χ1n) is 8.18. The van der Waals surface area contributed by atoms with E-state index in [1.165, 1.54) is 16.7 Å². The molecule has 2 aromatic rings. The number of unbranched alkanes of at least 4 members (excludes halogenated alkanes) is 1. The Morgan fingerprint density at radius 2 is 1.43 bits per heavy atom. The minimum atomic E-state index is 0.680. The molecule has 0 aliphatic heterocycles. The largest absolute Gasteiger partial charge is 0.493 e. The fourth-order valence-corrected chi connectivity index (χ4v) is 2.50. The third-order valence-electron chi connectivity index (χ3n) is 4.24. The van der Waals surface area contributed by atoms with E-state index in [0.29, 0.717) is 13.2 Å². The average molecular weight is 313 g/mol. The maximum Gasteiger partial charge on any atom is 0.125 e. The first kappa shape index (κ1) is 17.2. The third kappa shape index (κ3) is 4.41. The molecule has 0 spiro atoms. The van der Waals surface area contributed by atoms with Crippen LogP contribution in [0.2, 0.25) is 0 Å². The number of hydrogen-bond acceptors (Lipinski definition) is 3. The summed E-state index contributed by atoms with van der Waals surface area (Å²) < 4.78 is 11.8. The number of rotatable bonds is 7. The number of aryl methyl sites for hydroxylation is 2. The molecule has 2 rings (SSSR count). The smallest absolute Gasteiger partial charge is 0.125 e. The molecule has 0 saturated carbocycles. The van der Waals surface area contributed by atoms with Crippen molar-refractivity contribution in [2.75, 3.05) is 18.9 Å². The molecule has 0 fully saturated rings. The second kappa shape index (κ2) is 7.91. The van der Waals surface area contributed by atoms with E-state index in [9.17, 15) is 0 Å². The fourth-order valence-electron chi connectivity index (χ4n) is 2.50. The van der Waals surface area contributed by atoms with Crippen LogP contribution in [0.5, 0.6) is 11.5 Å². The van der Waals surface area contributed by atoms with Gasteiger partial charge in [0.05, 0.1) is 13.2 Å². The molecule has 3 nitrogen and oxygen atoms in total. The maximum absolute atomic E-state index is 5.97. The molecular weight excluding hydrogens is 286 g/mol. The molecule has 2 N–H and O–H groups in total. The van der Waals surface area contributed by atoms with E-state index < -0.39 is 0 Å². The van der Waals surface area contributed by atoms with E-state index in [1.54, 1.807) is 0 Å². The summed E-state index contributed by atoms with van der Waals surface area (Å²) in [4.78, 5) is 0. The SMILES string of the molecule is Cc1ccc(C)c(OCCCCOc2cccc(N)c2C)c1C. The molecule has 0 bridgehead atoms. The summed E-state index contributed by atoms with van der Waals surface area (Å²) in [5.74, 6) is 1.90. The molecule has 0 amide bonds. The van der Waals surface area contributed by atoms with Crippen molar-refractivity contribution in [1.29, 1.82) is 0 Å². The van der Waals surface area contributed by atoms with Crippen molar-refractivity contribution in [2.45, 2.75) is 40.5 Å². The lowest BCUT2D eigenvalue weighted by atomic mass is 10.1. The number of nitrogen functional groups attached to an aromatic ring is 1.